The Bertz CT molecular complexity index is 45.6. The second-order valence-electron chi connectivity index (χ2n) is 0.476. The third-order valence-electron chi connectivity index (χ3n) is 0.201. The van der Waals surface area contributed by atoms with E-state index in [1.807, 2.05) is 6.92 Å². The van der Waals surface area contributed by atoms with Crippen molar-refractivity contribution in [2.75, 3.05) is 0 Å². The first kappa shape index (κ1) is 5.31. The van der Waals surface area contributed by atoms with Crippen LogP contribution in [0.4, 0.5) is 0 Å². The fraction of sp³-hybridized carbons (Fsp3) is 0.500. The molecule has 0 aromatic heterocycles. The van der Waals surface area contributed by atoms with Crippen molar-refractivity contribution in [1.82, 2.24) is 0 Å². The molecule has 0 rings (SSSR count). The van der Waals surface area contributed by atoms with Crippen LogP contribution in [0.5, 0.6) is 0 Å². The summed E-state index contributed by atoms with van der Waals surface area (Å²) < 4.78 is 10.1. The van der Waals surface area contributed by atoms with Crippen LogP contribution in [0.3, 0.4) is 0 Å². The Morgan fingerprint density at radius 3 is 1.80 bits per heavy atom. The average Bonchev–Trinajstić information content (AvgIpc) is 1.38. The molecular formula is C2H8CuN2. The molecule has 0 aromatic carbocycles. The quantitative estimate of drug-likeness (QED) is 0.414. The second-order valence-corrected chi connectivity index (χ2v) is 1.96. The second kappa shape index (κ2) is 2.54. The molecule has 0 aliphatic heterocycles. The molecule has 0 saturated carbocycles. The molecular weight excluding hydrogens is 116 g/mol. The van der Waals surface area contributed by atoms with E-state index < -0.39 is 13.9 Å². The summed E-state index contributed by atoms with van der Waals surface area (Å²) in [5.74, 6) is 0. The van der Waals surface area contributed by atoms with Crippen LogP contribution in [-0.4, -0.2) is 4.92 Å². The summed E-state index contributed by atoms with van der Waals surface area (Å²) in [7, 11) is 0. The fourth-order valence-electron chi connectivity index (χ4n) is 0. The molecule has 0 fully saturated rings. The monoisotopic (exact) mass is 123 g/mol. The van der Waals surface area contributed by atoms with Crippen molar-refractivity contribution in [3.63, 3.8) is 0 Å². The molecule has 0 bridgehead atoms. The van der Waals surface area contributed by atoms with Gasteiger partial charge in [-0.1, -0.05) is 0 Å². The van der Waals surface area contributed by atoms with Gasteiger partial charge >= 0.3 is 35.2 Å². The zero-order chi connectivity index (χ0) is 4.28. The molecule has 0 spiro atoms. The van der Waals surface area contributed by atoms with Crippen molar-refractivity contribution in [1.29, 1.82) is 0 Å². The van der Waals surface area contributed by atoms with Gasteiger partial charge in [0, 0.05) is 0 Å². The molecule has 2 nitrogen and oxygen atoms in total. The van der Waals surface area contributed by atoms with Gasteiger partial charge in [-0.2, -0.15) is 0 Å². The Morgan fingerprint density at radius 1 is 1.60 bits per heavy atom. The van der Waals surface area contributed by atoms with E-state index in [2.05, 4.69) is 0 Å². The molecule has 0 aliphatic carbocycles. The Morgan fingerprint density at radius 2 is 1.80 bits per heavy atom. The molecule has 0 aromatic rings. The van der Waals surface area contributed by atoms with Gasteiger partial charge in [0.15, 0.2) is 0 Å². The molecule has 3 heteroatoms. The van der Waals surface area contributed by atoms with E-state index in [0.717, 1.165) is 0 Å². The zero-order valence-corrected chi connectivity index (χ0v) is 3.98. The zero-order valence-electron chi connectivity index (χ0n) is 3.03. The van der Waals surface area contributed by atoms with E-state index in [1.54, 1.807) is 4.92 Å². The van der Waals surface area contributed by atoms with Crippen LogP contribution in [0, 0.1) is 0 Å². The van der Waals surface area contributed by atoms with Crippen LogP contribution >= 0.6 is 0 Å². The fourth-order valence-corrected chi connectivity index (χ4v) is 0. The van der Waals surface area contributed by atoms with Crippen LogP contribution in [0.1, 0.15) is 6.92 Å². The summed E-state index contributed by atoms with van der Waals surface area (Å²) in [5, 5.41) is 0. The molecule has 0 aliphatic rings. The van der Waals surface area contributed by atoms with Crippen LogP contribution in [-0.2, 0) is 13.9 Å². The van der Waals surface area contributed by atoms with Crippen LogP contribution < -0.4 is 9.50 Å². The summed E-state index contributed by atoms with van der Waals surface area (Å²) >= 11 is -0.396. The number of hydrogen-bond acceptors (Lipinski definition) is 2. The predicted molar refractivity (Wildman–Crippen MR) is 20.1 cm³/mol. The minimum absolute atomic E-state index is 0.396. The van der Waals surface area contributed by atoms with Gasteiger partial charge in [0.25, 0.3) is 0 Å². The number of hydrogen-bond donors (Lipinski definition) is 2. The predicted octanol–water partition coefficient (Wildman–Crippen LogP) is -0.826. The summed E-state index contributed by atoms with van der Waals surface area (Å²) in [6.07, 6.45) is 0. The van der Waals surface area contributed by atoms with Gasteiger partial charge < -0.3 is 0 Å². The minimum atomic E-state index is -0.396. The van der Waals surface area contributed by atoms with Gasteiger partial charge in [-0.05, 0) is 0 Å². The summed E-state index contributed by atoms with van der Waals surface area (Å²) in [6.45, 7) is 1.83. The van der Waals surface area contributed by atoms with Gasteiger partial charge in [0.1, 0.15) is 0 Å². The molecule has 0 radical (unpaired) electrons. The van der Waals surface area contributed by atoms with E-state index in [1.165, 1.54) is 0 Å². The summed E-state index contributed by atoms with van der Waals surface area (Å²) in [4.78, 5) is 1.74. The van der Waals surface area contributed by atoms with Gasteiger partial charge in [-0.3, -0.25) is 0 Å². The SMILES string of the molecule is C[CH]=[Cu]([NH2])[NH2]. The summed E-state index contributed by atoms with van der Waals surface area (Å²) in [5.41, 5.74) is 0. The van der Waals surface area contributed by atoms with Crippen molar-refractivity contribution in [3.8, 4) is 0 Å². The Balaban J connectivity index is 3.14. The van der Waals surface area contributed by atoms with Crippen molar-refractivity contribution >= 4 is 4.92 Å². The normalized spacial score (nSPS) is 10.6. The number of nitrogens with two attached hydrogens (primary N) is 2. The van der Waals surface area contributed by atoms with Gasteiger partial charge in [-0.15, -0.1) is 0 Å². The average molecular weight is 124 g/mol. The molecule has 0 amide bonds. The molecule has 0 heterocycles. The Kier molecular flexibility index (Phi) is 2.70. The van der Waals surface area contributed by atoms with Gasteiger partial charge in [0.05, 0.1) is 0 Å². The first-order chi connectivity index (χ1) is 2.27. The van der Waals surface area contributed by atoms with E-state index in [4.69, 9.17) is 9.50 Å². The van der Waals surface area contributed by atoms with E-state index in [0.29, 0.717) is 0 Å². The maximum atomic E-state index is 5.03. The third kappa shape index (κ3) is 4.31. The molecule has 0 saturated heterocycles. The molecule has 0 unspecified atom stereocenters. The van der Waals surface area contributed by atoms with Crippen LogP contribution in [0.25, 0.3) is 0 Å². The topological polar surface area (TPSA) is 52.0 Å². The standard InChI is InChI=1S/C2H4.Cu.2H2N/c1-2;;;/h1H,2H3;;2*1H2/q;+2;2*-1. The maximum absolute atomic E-state index is 5.03. The van der Waals surface area contributed by atoms with Crippen molar-refractivity contribution in [3.05, 3.63) is 0 Å². The molecule has 37 valence electrons. The van der Waals surface area contributed by atoms with Crippen LogP contribution in [0.15, 0.2) is 0 Å². The Hall–Kier alpha value is 0.309. The summed E-state index contributed by atoms with van der Waals surface area (Å²) in [6, 6.07) is 0. The van der Waals surface area contributed by atoms with Crippen molar-refractivity contribution in [2.45, 2.75) is 6.92 Å². The van der Waals surface area contributed by atoms with Crippen molar-refractivity contribution < 1.29 is 13.9 Å². The first-order valence-electron chi connectivity index (χ1n) is 1.10. The van der Waals surface area contributed by atoms with Gasteiger partial charge in [0.2, 0.25) is 0 Å². The van der Waals surface area contributed by atoms with Crippen molar-refractivity contribution in [2.24, 2.45) is 9.50 Å². The molecule has 5 heavy (non-hydrogen) atoms. The van der Waals surface area contributed by atoms with E-state index in [9.17, 15) is 0 Å². The molecule has 0 atom stereocenters. The van der Waals surface area contributed by atoms with E-state index >= 15 is 0 Å². The van der Waals surface area contributed by atoms with Gasteiger partial charge in [-0.25, -0.2) is 0 Å². The number of rotatable bonds is 0. The Labute approximate surface area is 36.0 Å². The van der Waals surface area contributed by atoms with Crippen LogP contribution in [0.2, 0.25) is 0 Å². The molecule has 4 N–H and O–H groups in total. The van der Waals surface area contributed by atoms with E-state index in [-0.39, 0.29) is 0 Å². The third-order valence-corrected chi connectivity index (χ3v) is 0.829. The first-order valence-corrected chi connectivity index (χ1v) is 2.73.